The highest BCUT2D eigenvalue weighted by molar-refractivity contribution is 5.90. The van der Waals surface area contributed by atoms with Crippen LogP contribution in [0.25, 0.3) is 0 Å². The van der Waals surface area contributed by atoms with Gasteiger partial charge in [0.25, 0.3) is 0 Å². The van der Waals surface area contributed by atoms with E-state index in [4.69, 9.17) is 9.15 Å². The van der Waals surface area contributed by atoms with Crippen LogP contribution in [0.15, 0.2) is 10.5 Å². The van der Waals surface area contributed by atoms with Crippen molar-refractivity contribution in [2.75, 3.05) is 14.2 Å². The lowest BCUT2D eigenvalue weighted by Gasteiger charge is -2.21. The Labute approximate surface area is 124 Å². The average Bonchev–Trinajstić information content (AvgIpc) is 2.86. The van der Waals surface area contributed by atoms with Crippen LogP contribution in [0.1, 0.15) is 42.1 Å². The third-order valence-electron chi connectivity index (χ3n) is 3.54. The first-order valence-electron chi connectivity index (χ1n) is 6.93. The maximum Gasteiger partial charge on any atom is 0.341 e. The number of hydrogen-bond donors (Lipinski definition) is 1. The Morgan fingerprint density at radius 1 is 1.33 bits per heavy atom. The van der Waals surface area contributed by atoms with Gasteiger partial charge in [-0.05, 0) is 18.9 Å². The van der Waals surface area contributed by atoms with Crippen molar-refractivity contribution in [1.82, 2.24) is 5.32 Å². The largest absolute Gasteiger partial charge is 0.468 e. The zero-order valence-corrected chi connectivity index (χ0v) is 13.2. The fourth-order valence-electron chi connectivity index (χ4n) is 2.03. The minimum Gasteiger partial charge on any atom is -0.468 e. The monoisotopic (exact) mass is 297 g/mol. The molecule has 0 aliphatic rings. The summed E-state index contributed by atoms with van der Waals surface area (Å²) in [5, 5.41) is 3.11. The van der Waals surface area contributed by atoms with Gasteiger partial charge >= 0.3 is 11.9 Å². The lowest BCUT2D eigenvalue weighted by atomic mass is 9.99. The predicted molar refractivity (Wildman–Crippen MR) is 76.9 cm³/mol. The third kappa shape index (κ3) is 4.32. The molecule has 2 unspecified atom stereocenters. The molecular formula is C15H23NO5. The molecule has 0 saturated heterocycles. The van der Waals surface area contributed by atoms with Crippen LogP contribution < -0.4 is 5.32 Å². The number of hydrogen-bond acceptors (Lipinski definition) is 6. The van der Waals surface area contributed by atoms with Crippen LogP contribution in [0.2, 0.25) is 0 Å². The molecule has 1 heterocycles. The smallest absolute Gasteiger partial charge is 0.341 e. The van der Waals surface area contributed by atoms with Gasteiger partial charge in [0.15, 0.2) is 0 Å². The van der Waals surface area contributed by atoms with E-state index < -0.39 is 12.0 Å². The molecule has 118 valence electrons. The van der Waals surface area contributed by atoms with Gasteiger partial charge < -0.3 is 13.9 Å². The second-order valence-electron chi connectivity index (χ2n) is 4.94. The first-order valence-corrected chi connectivity index (χ1v) is 6.93. The molecule has 1 aromatic heterocycles. The second-order valence-corrected chi connectivity index (χ2v) is 4.94. The molecule has 0 bridgehead atoms. The molecule has 2 atom stereocenters. The Hall–Kier alpha value is -1.82. The van der Waals surface area contributed by atoms with Gasteiger partial charge in [0.2, 0.25) is 0 Å². The SMILES string of the molecule is CCC(C)C(NCc1cc(C(=O)OC)c(C)o1)C(=O)OC. The van der Waals surface area contributed by atoms with Crippen molar-refractivity contribution in [3.8, 4) is 0 Å². The molecular weight excluding hydrogens is 274 g/mol. The summed E-state index contributed by atoms with van der Waals surface area (Å²) in [6, 6.07) is 1.21. The molecule has 0 aliphatic carbocycles. The van der Waals surface area contributed by atoms with E-state index in [0.29, 0.717) is 23.6 Å². The predicted octanol–water partition coefficient (Wildman–Crippen LogP) is 2.05. The van der Waals surface area contributed by atoms with Gasteiger partial charge in [-0.3, -0.25) is 10.1 Å². The average molecular weight is 297 g/mol. The van der Waals surface area contributed by atoms with Gasteiger partial charge in [0.05, 0.1) is 20.8 Å². The van der Waals surface area contributed by atoms with E-state index in [9.17, 15) is 9.59 Å². The van der Waals surface area contributed by atoms with Crippen LogP contribution >= 0.6 is 0 Å². The Balaban J connectivity index is 2.76. The van der Waals surface area contributed by atoms with Crippen molar-refractivity contribution >= 4 is 11.9 Å². The van der Waals surface area contributed by atoms with Crippen molar-refractivity contribution in [1.29, 1.82) is 0 Å². The van der Waals surface area contributed by atoms with E-state index in [1.807, 2.05) is 13.8 Å². The number of carbonyl (C=O) groups excluding carboxylic acids is 2. The summed E-state index contributed by atoms with van der Waals surface area (Å²) in [6.07, 6.45) is 0.845. The normalized spacial score (nSPS) is 13.6. The summed E-state index contributed by atoms with van der Waals surface area (Å²) < 4.78 is 15.0. The first-order chi connectivity index (χ1) is 9.94. The van der Waals surface area contributed by atoms with Crippen molar-refractivity contribution in [2.24, 2.45) is 5.92 Å². The third-order valence-corrected chi connectivity index (χ3v) is 3.54. The van der Waals surface area contributed by atoms with E-state index >= 15 is 0 Å². The molecule has 0 amide bonds. The van der Waals surface area contributed by atoms with Crippen LogP contribution in [0.5, 0.6) is 0 Å². The molecule has 0 spiro atoms. The molecule has 6 nitrogen and oxygen atoms in total. The maximum absolute atomic E-state index is 11.8. The van der Waals surface area contributed by atoms with Gasteiger partial charge in [-0.2, -0.15) is 0 Å². The lowest BCUT2D eigenvalue weighted by molar-refractivity contribution is -0.144. The molecule has 0 saturated carbocycles. The minimum atomic E-state index is -0.436. The van der Waals surface area contributed by atoms with E-state index in [-0.39, 0.29) is 11.9 Å². The maximum atomic E-state index is 11.8. The molecule has 0 radical (unpaired) electrons. The van der Waals surface area contributed by atoms with Crippen LogP contribution in [0.4, 0.5) is 0 Å². The Bertz CT molecular complexity index is 494. The molecule has 6 heteroatoms. The minimum absolute atomic E-state index is 0.133. The molecule has 0 fully saturated rings. The number of rotatable bonds is 7. The fourth-order valence-corrected chi connectivity index (χ4v) is 2.03. The highest BCUT2D eigenvalue weighted by Crippen LogP contribution is 2.17. The zero-order chi connectivity index (χ0) is 16.0. The number of carbonyl (C=O) groups is 2. The lowest BCUT2D eigenvalue weighted by Crippen LogP contribution is -2.42. The highest BCUT2D eigenvalue weighted by Gasteiger charge is 2.25. The van der Waals surface area contributed by atoms with E-state index in [2.05, 4.69) is 10.1 Å². The Kier molecular flexibility index (Phi) is 6.42. The summed E-state index contributed by atoms with van der Waals surface area (Å²) in [7, 11) is 2.69. The highest BCUT2D eigenvalue weighted by atomic mass is 16.5. The zero-order valence-electron chi connectivity index (χ0n) is 13.2. The molecule has 0 aromatic carbocycles. The molecule has 1 aromatic rings. The quantitative estimate of drug-likeness (QED) is 0.776. The van der Waals surface area contributed by atoms with E-state index in [1.165, 1.54) is 14.2 Å². The van der Waals surface area contributed by atoms with Gasteiger partial charge in [-0.25, -0.2) is 4.79 Å². The van der Waals surface area contributed by atoms with Crippen LogP contribution in [0, 0.1) is 12.8 Å². The molecule has 21 heavy (non-hydrogen) atoms. The summed E-state index contributed by atoms with van der Waals surface area (Å²) in [6.45, 7) is 6.01. The summed E-state index contributed by atoms with van der Waals surface area (Å²) in [5.74, 6) is 0.463. The van der Waals surface area contributed by atoms with Gasteiger partial charge in [-0.15, -0.1) is 0 Å². The number of aryl methyl sites for hydroxylation is 1. The van der Waals surface area contributed by atoms with Crippen molar-refractivity contribution in [2.45, 2.75) is 39.8 Å². The van der Waals surface area contributed by atoms with Crippen molar-refractivity contribution < 1.29 is 23.5 Å². The van der Waals surface area contributed by atoms with E-state index in [0.717, 1.165) is 6.42 Å². The standard InChI is InChI=1S/C15H23NO5/c1-6-9(2)13(15(18)20-5)16-8-11-7-12(10(3)21-11)14(17)19-4/h7,9,13,16H,6,8H2,1-5H3. The van der Waals surface area contributed by atoms with Gasteiger partial charge in [0.1, 0.15) is 23.1 Å². The molecule has 1 N–H and O–H groups in total. The Morgan fingerprint density at radius 2 is 2.00 bits per heavy atom. The van der Waals surface area contributed by atoms with Gasteiger partial charge in [-0.1, -0.05) is 20.3 Å². The first kappa shape index (κ1) is 17.2. The molecule has 1 rings (SSSR count). The molecule has 0 aliphatic heterocycles. The van der Waals surface area contributed by atoms with Crippen LogP contribution in [-0.4, -0.2) is 32.2 Å². The number of furan rings is 1. The summed E-state index contributed by atoms with van der Waals surface area (Å²) in [4.78, 5) is 23.3. The number of nitrogens with one attached hydrogen (secondary N) is 1. The number of ether oxygens (including phenoxy) is 2. The Morgan fingerprint density at radius 3 is 2.52 bits per heavy atom. The summed E-state index contributed by atoms with van der Waals surface area (Å²) in [5.41, 5.74) is 0.396. The number of esters is 2. The second kappa shape index (κ2) is 7.83. The van der Waals surface area contributed by atoms with Crippen LogP contribution in [0.3, 0.4) is 0 Å². The topological polar surface area (TPSA) is 77.8 Å². The van der Waals surface area contributed by atoms with Crippen molar-refractivity contribution in [3.63, 3.8) is 0 Å². The summed E-state index contributed by atoms with van der Waals surface area (Å²) >= 11 is 0. The number of methoxy groups -OCH3 is 2. The van der Waals surface area contributed by atoms with Crippen LogP contribution in [-0.2, 0) is 20.8 Å². The fraction of sp³-hybridized carbons (Fsp3) is 0.600. The van der Waals surface area contributed by atoms with Gasteiger partial charge in [0, 0.05) is 0 Å². The van der Waals surface area contributed by atoms with E-state index in [1.54, 1.807) is 13.0 Å². The van der Waals surface area contributed by atoms with Crippen molar-refractivity contribution in [3.05, 3.63) is 23.2 Å².